The van der Waals surface area contributed by atoms with Gasteiger partial charge in [-0.3, -0.25) is 0 Å². The number of hydrogen-bond donors (Lipinski definition) is 1. The lowest BCUT2D eigenvalue weighted by Crippen LogP contribution is -2.16. The molecule has 1 heterocycles. The Bertz CT molecular complexity index is 302. The van der Waals surface area contributed by atoms with Crippen LogP contribution in [0, 0.1) is 0 Å². The highest BCUT2D eigenvalue weighted by Crippen LogP contribution is 2.20. The summed E-state index contributed by atoms with van der Waals surface area (Å²) in [5, 5.41) is 9.50. The molecule has 1 N–H and O–H groups in total. The Kier molecular flexibility index (Phi) is 3.93. The first-order chi connectivity index (χ1) is 7.75. The van der Waals surface area contributed by atoms with E-state index in [1.165, 1.54) is 0 Å². The number of ether oxygens (including phenoxy) is 2. The van der Waals surface area contributed by atoms with Gasteiger partial charge in [-0.25, -0.2) is 0 Å². The monoisotopic (exact) mass is 222 g/mol. The molecule has 1 aliphatic heterocycles. The predicted octanol–water partition coefficient (Wildman–Crippen LogP) is 1.74. The van der Waals surface area contributed by atoms with E-state index in [4.69, 9.17) is 9.47 Å². The van der Waals surface area contributed by atoms with Gasteiger partial charge in [-0.2, -0.15) is 0 Å². The maximum atomic E-state index is 9.50. The summed E-state index contributed by atoms with van der Waals surface area (Å²) in [7, 11) is 0. The topological polar surface area (TPSA) is 38.7 Å². The molecule has 0 amide bonds. The summed E-state index contributed by atoms with van der Waals surface area (Å²) in [5.41, 5.74) is 1.16. The van der Waals surface area contributed by atoms with Crippen LogP contribution in [0.4, 0.5) is 0 Å². The largest absolute Gasteiger partial charge is 0.390 e. The van der Waals surface area contributed by atoms with Crippen molar-refractivity contribution in [1.82, 2.24) is 0 Å². The summed E-state index contributed by atoms with van der Waals surface area (Å²) in [6, 6.07) is 10.1. The summed E-state index contributed by atoms with van der Waals surface area (Å²) in [6.07, 6.45) is 0.306. The molecule has 0 radical (unpaired) electrons. The smallest absolute Gasteiger partial charge is 0.0839 e. The first-order valence-electron chi connectivity index (χ1n) is 5.71. The number of aliphatic hydroxyl groups is 1. The molecule has 3 heteroatoms. The average Bonchev–Trinajstić information content (AvgIpc) is 2.60. The van der Waals surface area contributed by atoms with Crippen molar-refractivity contribution >= 4 is 0 Å². The van der Waals surface area contributed by atoms with E-state index < -0.39 is 0 Å². The van der Waals surface area contributed by atoms with E-state index in [-0.39, 0.29) is 18.3 Å². The summed E-state index contributed by atoms with van der Waals surface area (Å²) in [6.45, 7) is 3.04. The molecule has 1 aromatic carbocycles. The second-order valence-corrected chi connectivity index (χ2v) is 4.27. The van der Waals surface area contributed by atoms with Crippen LogP contribution in [0.15, 0.2) is 30.3 Å². The van der Waals surface area contributed by atoms with Crippen molar-refractivity contribution in [3.63, 3.8) is 0 Å². The van der Waals surface area contributed by atoms with Crippen LogP contribution in [0.3, 0.4) is 0 Å². The Balaban J connectivity index is 1.69. The fraction of sp³-hybridized carbons (Fsp3) is 0.538. The van der Waals surface area contributed by atoms with E-state index in [0.29, 0.717) is 19.6 Å². The third-order valence-electron chi connectivity index (χ3n) is 2.87. The molecule has 1 saturated heterocycles. The first-order valence-corrected chi connectivity index (χ1v) is 5.71. The van der Waals surface area contributed by atoms with E-state index in [1.807, 2.05) is 37.3 Å². The van der Waals surface area contributed by atoms with E-state index >= 15 is 0 Å². The van der Waals surface area contributed by atoms with Crippen LogP contribution in [0.1, 0.15) is 18.9 Å². The molecule has 88 valence electrons. The third-order valence-corrected chi connectivity index (χ3v) is 2.87. The van der Waals surface area contributed by atoms with Gasteiger partial charge < -0.3 is 14.6 Å². The minimum Gasteiger partial charge on any atom is -0.390 e. The molecule has 1 aromatic rings. The van der Waals surface area contributed by atoms with E-state index in [2.05, 4.69) is 0 Å². The highest BCUT2D eigenvalue weighted by molar-refractivity contribution is 5.13. The minimum atomic E-state index is -0.342. The number of aliphatic hydroxyl groups excluding tert-OH is 1. The summed E-state index contributed by atoms with van der Waals surface area (Å²) in [5.74, 6) is 0. The van der Waals surface area contributed by atoms with E-state index in [0.717, 1.165) is 5.56 Å². The van der Waals surface area contributed by atoms with Gasteiger partial charge in [0.25, 0.3) is 0 Å². The second-order valence-electron chi connectivity index (χ2n) is 4.27. The molecule has 0 unspecified atom stereocenters. The van der Waals surface area contributed by atoms with Gasteiger partial charge in [0, 0.05) is 6.42 Å². The van der Waals surface area contributed by atoms with Crippen LogP contribution in [0.5, 0.6) is 0 Å². The minimum absolute atomic E-state index is 0.0358. The van der Waals surface area contributed by atoms with Gasteiger partial charge in [0.2, 0.25) is 0 Å². The molecule has 2 rings (SSSR count). The lowest BCUT2D eigenvalue weighted by atomic mass is 10.1. The summed E-state index contributed by atoms with van der Waals surface area (Å²) in [4.78, 5) is 0. The SMILES string of the molecule is C[C@@H]1O[C@@H](COCc2ccccc2)C[C@@H]1O. The van der Waals surface area contributed by atoms with Crippen molar-refractivity contribution in [3.05, 3.63) is 35.9 Å². The normalized spacial score (nSPS) is 29.5. The number of benzene rings is 1. The predicted molar refractivity (Wildman–Crippen MR) is 61.1 cm³/mol. The van der Waals surface area contributed by atoms with Gasteiger partial charge in [-0.15, -0.1) is 0 Å². The molecule has 0 aliphatic carbocycles. The van der Waals surface area contributed by atoms with Gasteiger partial charge in [0.1, 0.15) is 0 Å². The highest BCUT2D eigenvalue weighted by atomic mass is 16.6. The summed E-state index contributed by atoms with van der Waals surface area (Å²) < 4.78 is 11.1. The molecule has 1 aliphatic rings. The van der Waals surface area contributed by atoms with Crippen LogP contribution in [0.25, 0.3) is 0 Å². The van der Waals surface area contributed by atoms with Gasteiger partial charge >= 0.3 is 0 Å². The van der Waals surface area contributed by atoms with E-state index in [9.17, 15) is 5.11 Å². The quantitative estimate of drug-likeness (QED) is 0.843. The third kappa shape index (κ3) is 3.04. The molecule has 1 fully saturated rings. The number of hydrogen-bond acceptors (Lipinski definition) is 3. The molecule has 16 heavy (non-hydrogen) atoms. The zero-order chi connectivity index (χ0) is 11.4. The molecule has 0 aromatic heterocycles. The average molecular weight is 222 g/mol. The Morgan fingerprint density at radius 1 is 1.38 bits per heavy atom. The Hall–Kier alpha value is -0.900. The van der Waals surface area contributed by atoms with Crippen molar-refractivity contribution in [2.24, 2.45) is 0 Å². The second kappa shape index (κ2) is 5.43. The van der Waals surface area contributed by atoms with Gasteiger partial charge in [-0.05, 0) is 12.5 Å². The van der Waals surface area contributed by atoms with Crippen molar-refractivity contribution < 1.29 is 14.6 Å². The zero-order valence-corrected chi connectivity index (χ0v) is 9.50. The highest BCUT2D eigenvalue weighted by Gasteiger charge is 2.30. The van der Waals surface area contributed by atoms with Crippen LogP contribution < -0.4 is 0 Å². The molecule has 3 atom stereocenters. The van der Waals surface area contributed by atoms with Crippen molar-refractivity contribution in [3.8, 4) is 0 Å². The Morgan fingerprint density at radius 2 is 2.12 bits per heavy atom. The molecule has 0 saturated carbocycles. The van der Waals surface area contributed by atoms with Gasteiger partial charge in [0.15, 0.2) is 0 Å². The van der Waals surface area contributed by atoms with Gasteiger partial charge in [-0.1, -0.05) is 30.3 Å². The maximum absolute atomic E-state index is 9.50. The standard InChI is InChI=1S/C13H18O3/c1-10-13(14)7-12(16-10)9-15-8-11-5-3-2-4-6-11/h2-6,10,12-14H,7-9H2,1H3/t10-,12+,13-/m0/s1. The van der Waals surface area contributed by atoms with Crippen LogP contribution in [-0.2, 0) is 16.1 Å². The molecule has 0 spiro atoms. The first kappa shape index (κ1) is 11.6. The van der Waals surface area contributed by atoms with Crippen molar-refractivity contribution in [2.75, 3.05) is 6.61 Å². The van der Waals surface area contributed by atoms with Crippen LogP contribution in [0.2, 0.25) is 0 Å². The van der Waals surface area contributed by atoms with Crippen molar-refractivity contribution in [1.29, 1.82) is 0 Å². The lowest BCUT2D eigenvalue weighted by Gasteiger charge is -2.11. The molecule has 3 nitrogen and oxygen atoms in total. The van der Waals surface area contributed by atoms with Crippen LogP contribution in [-0.4, -0.2) is 30.0 Å². The van der Waals surface area contributed by atoms with Crippen molar-refractivity contribution in [2.45, 2.75) is 38.3 Å². The van der Waals surface area contributed by atoms with Crippen LogP contribution >= 0.6 is 0 Å². The fourth-order valence-corrected chi connectivity index (χ4v) is 1.90. The summed E-state index contributed by atoms with van der Waals surface area (Å²) >= 11 is 0. The maximum Gasteiger partial charge on any atom is 0.0839 e. The molecular weight excluding hydrogens is 204 g/mol. The Labute approximate surface area is 96.0 Å². The van der Waals surface area contributed by atoms with Gasteiger partial charge in [0.05, 0.1) is 31.5 Å². The molecular formula is C13H18O3. The Morgan fingerprint density at radius 3 is 2.75 bits per heavy atom. The number of rotatable bonds is 4. The lowest BCUT2D eigenvalue weighted by molar-refractivity contribution is -0.0238. The fourth-order valence-electron chi connectivity index (χ4n) is 1.90. The van der Waals surface area contributed by atoms with E-state index in [1.54, 1.807) is 0 Å². The zero-order valence-electron chi connectivity index (χ0n) is 9.50. The molecule has 0 bridgehead atoms.